The maximum absolute atomic E-state index is 12.9. The molecule has 1 atom stereocenters. The number of hydrogen-bond acceptors (Lipinski definition) is 5. The van der Waals surface area contributed by atoms with Crippen molar-refractivity contribution in [1.29, 1.82) is 0 Å². The van der Waals surface area contributed by atoms with Crippen LogP contribution in [0, 0.1) is 0 Å². The average molecular weight is 372 g/mol. The molecule has 1 aliphatic rings. The zero-order chi connectivity index (χ0) is 19.6. The Morgan fingerprint density at radius 3 is 2.74 bits per heavy atom. The van der Waals surface area contributed by atoms with Crippen LogP contribution in [0.4, 0.5) is 4.39 Å². The van der Waals surface area contributed by atoms with E-state index in [0.717, 1.165) is 0 Å². The van der Waals surface area contributed by atoms with Gasteiger partial charge in [0.2, 0.25) is 0 Å². The van der Waals surface area contributed by atoms with Crippen LogP contribution in [0.5, 0.6) is 5.75 Å². The summed E-state index contributed by atoms with van der Waals surface area (Å²) in [7, 11) is 0. The van der Waals surface area contributed by atoms with Gasteiger partial charge in [0.15, 0.2) is 17.3 Å². The Balaban J connectivity index is 2.21. The van der Waals surface area contributed by atoms with Crippen LogP contribution in [0.3, 0.4) is 0 Å². The molecular formula is C19H21FN4O3. The first kappa shape index (κ1) is 18.6. The number of nitrogens with zero attached hydrogens (tertiary/aromatic N) is 2. The molecule has 0 radical (unpaired) electrons. The SMILES string of the molecule is CCC(=O)c1cc(C2(c3cccc(O)c3)N=C(N)NC2=O)cn1CCCF. The minimum Gasteiger partial charge on any atom is -0.508 e. The number of rotatable bonds is 7. The summed E-state index contributed by atoms with van der Waals surface area (Å²) in [6.07, 6.45) is 2.15. The zero-order valence-electron chi connectivity index (χ0n) is 14.9. The molecule has 1 aromatic carbocycles. The van der Waals surface area contributed by atoms with Crippen LogP contribution in [0.15, 0.2) is 41.5 Å². The molecule has 1 aromatic heterocycles. The van der Waals surface area contributed by atoms with Gasteiger partial charge in [0, 0.05) is 24.7 Å². The number of phenols is 1. The third-order valence-corrected chi connectivity index (χ3v) is 4.58. The lowest BCUT2D eigenvalue weighted by atomic mass is 9.84. The number of guanidine groups is 1. The van der Waals surface area contributed by atoms with Gasteiger partial charge in [-0.15, -0.1) is 0 Å². The predicted molar refractivity (Wildman–Crippen MR) is 98.3 cm³/mol. The molecule has 7 nitrogen and oxygen atoms in total. The molecule has 0 spiro atoms. The quantitative estimate of drug-likeness (QED) is 0.644. The van der Waals surface area contributed by atoms with E-state index < -0.39 is 18.1 Å². The van der Waals surface area contributed by atoms with Gasteiger partial charge in [-0.3, -0.25) is 19.3 Å². The fourth-order valence-corrected chi connectivity index (χ4v) is 3.29. The van der Waals surface area contributed by atoms with Crippen molar-refractivity contribution >= 4 is 17.6 Å². The molecule has 0 saturated heterocycles. The number of aromatic nitrogens is 1. The lowest BCUT2D eigenvalue weighted by Gasteiger charge is -2.23. The smallest absolute Gasteiger partial charge is 0.264 e. The highest BCUT2D eigenvalue weighted by Crippen LogP contribution is 2.39. The molecule has 1 amide bonds. The summed E-state index contributed by atoms with van der Waals surface area (Å²) in [6, 6.07) is 7.76. The topological polar surface area (TPSA) is 110 Å². The standard InChI is InChI=1S/C19H21FN4O3/c1-2-16(26)15-10-13(11-24(15)8-4-7-20)19(17(27)22-18(21)23-19)12-5-3-6-14(25)9-12/h3,5-6,9-11,25H,2,4,7-8H2,1H3,(H3,21,22,23,27). The van der Waals surface area contributed by atoms with Gasteiger partial charge in [-0.25, -0.2) is 4.99 Å². The van der Waals surface area contributed by atoms with Crippen LogP contribution in [-0.4, -0.2) is 34.0 Å². The molecule has 0 bridgehead atoms. The molecule has 4 N–H and O–H groups in total. The van der Waals surface area contributed by atoms with Crippen molar-refractivity contribution in [1.82, 2.24) is 9.88 Å². The van der Waals surface area contributed by atoms with E-state index in [4.69, 9.17) is 5.73 Å². The van der Waals surface area contributed by atoms with Gasteiger partial charge < -0.3 is 15.4 Å². The van der Waals surface area contributed by atoms with E-state index in [0.29, 0.717) is 23.4 Å². The zero-order valence-corrected chi connectivity index (χ0v) is 14.9. The Morgan fingerprint density at radius 1 is 1.37 bits per heavy atom. The summed E-state index contributed by atoms with van der Waals surface area (Å²) in [5.74, 6) is -0.685. The maximum Gasteiger partial charge on any atom is 0.264 e. The number of carbonyl (C=O) groups is 2. The molecule has 8 heteroatoms. The van der Waals surface area contributed by atoms with E-state index in [1.54, 1.807) is 35.9 Å². The number of phenolic OH excluding ortho intramolecular Hbond substituents is 1. The molecule has 2 heterocycles. The molecule has 0 fully saturated rings. The number of halogens is 1. The number of hydrogen-bond donors (Lipinski definition) is 3. The number of benzene rings is 1. The van der Waals surface area contributed by atoms with Gasteiger partial charge in [-0.2, -0.15) is 0 Å². The summed E-state index contributed by atoms with van der Waals surface area (Å²) < 4.78 is 14.3. The number of carbonyl (C=O) groups excluding carboxylic acids is 2. The van der Waals surface area contributed by atoms with Gasteiger partial charge in [0.25, 0.3) is 5.91 Å². The van der Waals surface area contributed by atoms with Crippen LogP contribution in [0.2, 0.25) is 0 Å². The largest absolute Gasteiger partial charge is 0.508 e. The second-order valence-electron chi connectivity index (χ2n) is 6.34. The summed E-state index contributed by atoms with van der Waals surface area (Å²) in [4.78, 5) is 29.5. The first-order chi connectivity index (χ1) is 12.9. The second-order valence-corrected chi connectivity index (χ2v) is 6.34. The number of amides is 1. The van der Waals surface area contributed by atoms with Gasteiger partial charge in [0.05, 0.1) is 12.4 Å². The average Bonchev–Trinajstić information content (AvgIpc) is 3.20. The number of aryl methyl sites for hydroxylation is 1. The summed E-state index contributed by atoms with van der Waals surface area (Å²) >= 11 is 0. The number of aliphatic imine (C=N–C) groups is 1. The van der Waals surface area contributed by atoms with Crippen LogP contribution in [0.25, 0.3) is 0 Å². The Hall–Kier alpha value is -3.16. The predicted octanol–water partition coefficient (Wildman–Crippen LogP) is 1.83. The van der Waals surface area contributed by atoms with E-state index >= 15 is 0 Å². The summed E-state index contributed by atoms with van der Waals surface area (Å²) in [5.41, 5.74) is 5.47. The van der Waals surface area contributed by atoms with Crippen molar-refractivity contribution in [3.8, 4) is 5.75 Å². The Kier molecular flexibility index (Phi) is 4.98. The summed E-state index contributed by atoms with van der Waals surface area (Å²) in [6.45, 7) is 1.52. The molecule has 0 saturated carbocycles. The first-order valence-corrected chi connectivity index (χ1v) is 8.68. The molecular weight excluding hydrogens is 351 g/mol. The van der Waals surface area contributed by atoms with E-state index in [1.165, 1.54) is 12.1 Å². The number of alkyl halides is 1. The number of nitrogens with two attached hydrogens (primary N) is 1. The Labute approximate surface area is 155 Å². The normalized spacial score (nSPS) is 19.0. The van der Waals surface area contributed by atoms with E-state index in [1.807, 2.05) is 0 Å². The minimum atomic E-state index is -1.52. The number of Topliss-reactive ketones (excluding diaryl/α,β-unsaturated/α-hetero) is 1. The maximum atomic E-state index is 12.9. The van der Waals surface area contributed by atoms with Crippen molar-refractivity contribution in [2.75, 3.05) is 6.67 Å². The van der Waals surface area contributed by atoms with Crippen LogP contribution >= 0.6 is 0 Å². The number of ketones is 1. The van der Waals surface area contributed by atoms with E-state index in [9.17, 15) is 19.1 Å². The van der Waals surface area contributed by atoms with Crippen molar-refractivity contribution in [3.05, 3.63) is 53.3 Å². The minimum absolute atomic E-state index is 0.0259. The monoisotopic (exact) mass is 372 g/mol. The van der Waals surface area contributed by atoms with Gasteiger partial charge in [0.1, 0.15) is 5.75 Å². The molecule has 2 aromatic rings. The fraction of sp³-hybridized carbons (Fsp3) is 0.316. The highest BCUT2D eigenvalue weighted by molar-refractivity contribution is 6.09. The van der Waals surface area contributed by atoms with Gasteiger partial charge in [-0.05, 0) is 30.2 Å². The second kappa shape index (κ2) is 7.22. The highest BCUT2D eigenvalue weighted by Gasteiger charge is 2.47. The van der Waals surface area contributed by atoms with Gasteiger partial charge in [-0.1, -0.05) is 19.1 Å². The van der Waals surface area contributed by atoms with Gasteiger partial charge >= 0.3 is 0 Å². The van der Waals surface area contributed by atoms with Crippen molar-refractivity contribution in [2.45, 2.75) is 31.8 Å². The highest BCUT2D eigenvalue weighted by atomic mass is 19.1. The lowest BCUT2D eigenvalue weighted by Crippen LogP contribution is -2.39. The summed E-state index contributed by atoms with van der Waals surface area (Å²) in [5, 5.41) is 12.4. The Bertz CT molecular complexity index is 921. The molecule has 142 valence electrons. The molecule has 0 aliphatic carbocycles. The molecule has 1 unspecified atom stereocenters. The number of nitrogens with one attached hydrogen (secondary N) is 1. The molecule has 1 aliphatic heterocycles. The van der Waals surface area contributed by atoms with E-state index in [-0.39, 0.29) is 30.3 Å². The van der Waals surface area contributed by atoms with Crippen molar-refractivity contribution in [3.63, 3.8) is 0 Å². The Morgan fingerprint density at radius 2 is 2.15 bits per heavy atom. The van der Waals surface area contributed by atoms with Crippen LogP contribution in [0.1, 0.15) is 41.4 Å². The first-order valence-electron chi connectivity index (χ1n) is 8.68. The van der Waals surface area contributed by atoms with E-state index in [2.05, 4.69) is 10.3 Å². The number of aromatic hydroxyl groups is 1. The molecule has 3 rings (SSSR count). The van der Waals surface area contributed by atoms with Crippen LogP contribution in [-0.2, 0) is 16.9 Å². The molecule has 27 heavy (non-hydrogen) atoms. The third kappa shape index (κ3) is 3.18. The fourth-order valence-electron chi connectivity index (χ4n) is 3.29. The van der Waals surface area contributed by atoms with Crippen LogP contribution < -0.4 is 11.1 Å². The van der Waals surface area contributed by atoms with Crippen molar-refractivity contribution in [2.24, 2.45) is 10.7 Å². The third-order valence-electron chi connectivity index (χ3n) is 4.58. The lowest BCUT2D eigenvalue weighted by molar-refractivity contribution is -0.122. The van der Waals surface area contributed by atoms with Crippen molar-refractivity contribution < 1.29 is 19.1 Å².